The molecule has 0 aliphatic rings. The van der Waals surface area contributed by atoms with Crippen LogP contribution in [0.1, 0.15) is 18.1 Å². The van der Waals surface area contributed by atoms with E-state index in [0.717, 1.165) is 16.5 Å². The van der Waals surface area contributed by atoms with Crippen LogP contribution in [-0.4, -0.2) is 24.7 Å². The Labute approximate surface area is 152 Å². The number of carbonyl (C=O) groups excluding carboxylic acids is 1. The minimum absolute atomic E-state index is 0.192. The van der Waals surface area contributed by atoms with Crippen molar-refractivity contribution in [1.29, 1.82) is 0 Å². The third-order valence-electron chi connectivity index (χ3n) is 3.97. The molecule has 5 heteroatoms. The van der Waals surface area contributed by atoms with Gasteiger partial charge >= 0.3 is 5.97 Å². The number of benzene rings is 2. The van der Waals surface area contributed by atoms with E-state index < -0.39 is 0 Å². The second-order valence-electron chi connectivity index (χ2n) is 5.73. The van der Waals surface area contributed by atoms with Crippen LogP contribution in [0.2, 0.25) is 0 Å². The predicted octanol–water partition coefficient (Wildman–Crippen LogP) is 3.93. The Hall–Kier alpha value is -3.08. The number of ether oxygens (including phenoxy) is 3. The molecule has 0 aliphatic heterocycles. The second kappa shape index (κ2) is 8.34. The van der Waals surface area contributed by atoms with Gasteiger partial charge in [0, 0.05) is 11.5 Å². The number of rotatable bonds is 7. The molecule has 0 aliphatic carbocycles. The second-order valence-corrected chi connectivity index (χ2v) is 5.73. The fourth-order valence-electron chi connectivity index (χ4n) is 2.72. The quantitative estimate of drug-likeness (QED) is 0.604. The monoisotopic (exact) mass is 351 g/mol. The number of methoxy groups -OCH3 is 1. The maximum Gasteiger partial charge on any atom is 0.310 e. The summed E-state index contributed by atoms with van der Waals surface area (Å²) in [6, 6.07) is 17.3. The SMILES string of the molecule is CCOC(=O)Cc1ccc(OCc2ccccc2)c2nc(OC)ccc12. The van der Waals surface area contributed by atoms with Crippen LogP contribution in [-0.2, 0) is 22.6 Å². The van der Waals surface area contributed by atoms with Crippen molar-refractivity contribution in [3.8, 4) is 11.6 Å². The fraction of sp³-hybridized carbons (Fsp3) is 0.238. The van der Waals surface area contributed by atoms with Crippen molar-refractivity contribution in [3.05, 3.63) is 65.7 Å². The molecule has 3 aromatic rings. The Morgan fingerprint density at radius 3 is 2.58 bits per heavy atom. The molecule has 0 radical (unpaired) electrons. The van der Waals surface area contributed by atoms with Crippen LogP contribution >= 0.6 is 0 Å². The number of hydrogen-bond donors (Lipinski definition) is 0. The zero-order valence-corrected chi connectivity index (χ0v) is 14.9. The van der Waals surface area contributed by atoms with Crippen LogP contribution < -0.4 is 9.47 Å². The molecule has 0 bridgehead atoms. The molecule has 1 aromatic heterocycles. The third-order valence-corrected chi connectivity index (χ3v) is 3.97. The molecule has 26 heavy (non-hydrogen) atoms. The number of pyridine rings is 1. The van der Waals surface area contributed by atoms with Gasteiger partial charge in [0.1, 0.15) is 17.9 Å². The zero-order valence-electron chi connectivity index (χ0n) is 14.9. The van der Waals surface area contributed by atoms with Gasteiger partial charge in [-0.3, -0.25) is 4.79 Å². The van der Waals surface area contributed by atoms with Gasteiger partial charge in [-0.2, -0.15) is 0 Å². The van der Waals surface area contributed by atoms with Gasteiger partial charge in [-0.1, -0.05) is 36.4 Å². The molecule has 0 saturated heterocycles. The van der Waals surface area contributed by atoms with E-state index in [4.69, 9.17) is 14.2 Å². The van der Waals surface area contributed by atoms with Gasteiger partial charge in [-0.15, -0.1) is 0 Å². The molecule has 3 rings (SSSR count). The van der Waals surface area contributed by atoms with E-state index in [0.29, 0.717) is 30.4 Å². The smallest absolute Gasteiger partial charge is 0.310 e. The van der Waals surface area contributed by atoms with Gasteiger partial charge in [0.05, 0.1) is 20.1 Å². The maximum absolute atomic E-state index is 11.9. The highest BCUT2D eigenvalue weighted by Gasteiger charge is 2.13. The van der Waals surface area contributed by atoms with Gasteiger partial charge < -0.3 is 14.2 Å². The molecular weight excluding hydrogens is 330 g/mol. The van der Waals surface area contributed by atoms with E-state index in [1.54, 1.807) is 20.1 Å². The lowest BCUT2D eigenvalue weighted by molar-refractivity contribution is -0.142. The van der Waals surface area contributed by atoms with Gasteiger partial charge in [0.25, 0.3) is 0 Å². The third kappa shape index (κ3) is 4.11. The first-order chi connectivity index (χ1) is 12.7. The fourth-order valence-corrected chi connectivity index (χ4v) is 2.72. The molecule has 5 nitrogen and oxygen atoms in total. The lowest BCUT2D eigenvalue weighted by atomic mass is 10.0. The van der Waals surface area contributed by atoms with Crippen LogP contribution in [0.3, 0.4) is 0 Å². The molecule has 0 fully saturated rings. The standard InChI is InChI=1S/C21H21NO4/c1-3-25-20(23)13-16-9-11-18(26-14-15-7-5-4-6-8-15)21-17(16)10-12-19(22-21)24-2/h4-12H,3,13-14H2,1-2H3. The van der Waals surface area contributed by atoms with Gasteiger partial charge in [0.2, 0.25) is 5.88 Å². The van der Waals surface area contributed by atoms with Crippen LogP contribution in [0.25, 0.3) is 10.9 Å². The summed E-state index contributed by atoms with van der Waals surface area (Å²) in [5.41, 5.74) is 2.59. The first kappa shape index (κ1) is 17.7. The molecule has 0 saturated carbocycles. The van der Waals surface area contributed by atoms with E-state index in [9.17, 15) is 4.79 Å². The lowest BCUT2D eigenvalue weighted by Gasteiger charge is -2.13. The average Bonchev–Trinajstić information content (AvgIpc) is 2.68. The average molecular weight is 351 g/mol. The van der Waals surface area contributed by atoms with Crippen molar-refractivity contribution < 1.29 is 19.0 Å². The summed E-state index contributed by atoms with van der Waals surface area (Å²) >= 11 is 0. The number of esters is 1. The van der Waals surface area contributed by atoms with Crippen LogP contribution in [0.4, 0.5) is 0 Å². The van der Waals surface area contributed by atoms with E-state index in [1.165, 1.54) is 0 Å². The number of aromatic nitrogens is 1. The summed E-state index contributed by atoms with van der Waals surface area (Å²) in [6.07, 6.45) is 0.192. The van der Waals surface area contributed by atoms with E-state index in [-0.39, 0.29) is 12.4 Å². The predicted molar refractivity (Wildman–Crippen MR) is 99.4 cm³/mol. The number of nitrogens with zero attached hydrogens (tertiary/aromatic N) is 1. The molecule has 0 N–H and O–H groups in total. The highest BCUT2D eigenvalue weighted by Crippen LogP contribution is 2.30. The van der Waals surface area contributed by atoms with Crippen molar-refractivity contribution in [1.82, 2.24) is 4.98 Å². The first-order valence-electron chi connectivity index (χ1n) is 8.50. The molecule has 2 aromatic carbocycles. The molecule has 0 unspecified atom stereocenters. The molecule has 1 heterocycles. The van der Waals surface area contributed by atoms with Gasteiger partial charge in [0.15, 0.2) is 0 Å². The van der Waals surface area contributed by atoms with Crippen molar-refractivity contribution in [2.45, 2.75) is 20.0 Å². The van der Waals surface area contributed by atoms with Crippen molar-refractivity contribution >= 4 is 16.9 Å². The van der Waals surface area contributed by atoms with Crippen molar-refractivity contribution in [2.75, 3.05) is 13.7 Å². The number of carbonyl (C=O) groups is 1. The Balaban J connectivity index is 1.94. The summed E-state index contributed by atoms with van der Waals surface area (Å²) in [5.74, 6) is 0.883. The van der Waals surface area contributed by atoms with E-state index in [1.807, 2.05) is 48.5 Å². The Bertz CT molecular complexity index is 893. The highest BCUT2D eigenvalue weighted by molar-refractivity contribution is 5.90. The zero-order chi connectivity index (χ0) is 18.4. The first-order valence-corrected chi connectivity index (χ1v) is 8.50. The van der Waals surface area contributed by atoms with E-state index >= 15 is 0 Å². The summed E-state index contributed by atoms with van der Waals surface area (Å²) in [5, 5.41) is 0.851. The van der Waals surface area contributed by atoms with E-state index in [2.05, 4.69) is 4.98 Å². The minimum Gasteiger partial charge on any atom is -0.487 e. The highest BCUT2D eigenvalue weighted by atomic mass is 16.5. The van der Waals surface area contributed by atoms with Crippen molar-refractivity contribution in [2.24, 2.45) is 0 Å². The Morgan fingerprint density at radius 2 is 1.85 bits per heavy atom. The van der Waals surface area contributed by atoms with Crippen LogP contribution in [0.5, 0.6) is 11.6 Å². The summed E-state index contributed by atoms with van der Waals surface area (Å²) in [6.45, 7) is 2.59. The van der Waals surface area contributed by atoms with Gasteiger partial charge in [-0.25, -0.2) is 4.98 Å². The normalized spacial score (nSPS) is 10.5. The maximum atomic E-state index is 11.9. The van der Waals surface area contributed by atoms with Crippen molar-refractivity contribution in [3.63, 3.8) is 0 Å². The van der Waals surface area contributed by atoms with Gasteiger partial charge in [-0.05, 0) is 30.2 Å². The Morgan fingerprint density at radius 1 is 1.04 bits per heavy atom. The molecule has 0 amide bonds. The number of fused-ring (bicyclic) bond motifs is 1. The Kier molecular flexibility index (Phi) is 5.69. The lowest BCUT2D eigenvalue weighted by Crippen LogP contribution is -2.08. The largest absolute Gasteiger partial charge is 0.487 e. The van der Waals surface area contributed by atoms with Crippen LogP contribution in [0, 0.1) is 0 Å². The summed E-state index contributed by atoms with van der Waals surface area (Å²) < 4.78 is 16.3. The molecule has 0 spiro atoms. The molecule has 134 valence electrons. The molecular formula is C21H21NO4. The molecule has 0 atom stereocenters. The minimum atomic E-state index is -0.262. The number of hydrogen-bond acceptors (Lipinski definition) is 5. The van der Waals surface area contributed by atoms with Crippen LogP contribution in [0.15, 0.2) is 54.6 Å². The summed E-state index contributed by atoms with van der Waals surface area (Å²) in [7, 11) is 1.57. The summed E-state index contributed by atoms with van der Waals surface area (Å²) in [4.78, 5) is 16.4. The topological polar surface area (TPSA) is 57.7 Å².